The van der Waals surface area contributed by atoms with Gasteiger partial charge in [0.25, 0.3) is 0 Å². The highest BCUT2D eigenvalue weighted by Crippen LogP contribution is 2.20. The molecule has 5 nitrogen and oxygen atoms in total. The van der Waals surface area contributed by atoms with Crippen LogP contribution in [0.25, 0.3) is 0 Å². The van der Waals surface area contributed by atoms with E-state index in [0.29, 0.717) is 6.61 Å². The maximum absolute atomic E-state index is 11.8. The molecular weight excluding hydrogens is 226 g/mol. The predicted octanol–water partition coefficient (Wildman–Crippen LogP) is -0.578. The van der Waals surface area contributed by atoms with E-state index in [0.717, 1.165) is 24.7 Å². The number of ether oxygens (including phenoxy) is 1. The molecular formula is C10H17N3O2S. The molecule has 1 N–H and O–H groups in total. The third kappa shape index (κ3) is 1.87. The van der Waals surface area contributed by atoms with Gasteiger partial charge < -0.3 is 19.9 Å². The summed E-state index contributed by atoms with van der Waals surface area (Å²) in [5, 5.41) is 4.05. The van der Waals surface area contributed by atoms with Gasteiger partial charge in [0.2, 0.25) is 0 Å². The van der Waals surface area contributed by atoms with E-state index in [1.165, 1.54) is 0 Å². The molecule has 0 aromatic carbocycles. The molecule has 2 aliphatic heterocycles. The quantitative estimate of drug-likeness (QED) is 0.517. The molecule has 0 aromatic heterocycles. The van der Waals surface area contributed by atoms with Crippen molar-refractivity contribution in [3.63, 3.8) is 0 Å². The maximum Gasteiger partial charge on any atom is 0.325 e. The molecule has 0 spiro atoms. The largest absolute Gasteiger partial charge is 0.465 e. The minimum absolute atomic E-state index is 0.116. The summed E-state index contributed by atoms with van der Waals surface area (Å²) in [5.41, 5.74) is 0. The van der Waals surface area contributed by atoms with Gasteiger partial charge in [-0.3, -0.25) is 4.79 Å². The van der Waals surface area contributed by atoms with E-state index >= 15 is 0 Å². The highest BCUT2D eigenvalue weighted by molar-refractivity contribution is 7.80. The lowest BCUT2D eigenvalue weighted by molar-refractivity contribution is -0.147. The number of thiocarbonyl (C=S) groups is 1. The third-order valence-corrected chi connectivity index (χ3v) is 3.62. The van der Waals surface area contributed by atoms with Gasteiger partial charge in [-0.1, -0.05) is 0 Å². The van der Waals surface area contributed by atoms with Crippen molar-refractivity contribution in [3.05, 3.63) is 0 Å². The van der Waals surface area contributed by atoms with Gasteiger partial charge in [0.1, 0.15) is 6.04 Å². The molecule has 0 aromatic rings. The monoisotopic (exact) mass is 243 g/mol. The van der Waals surface area contributed by atoms with Crippen LogP contribution in [0.15, 0.2) is 0 Å². The summed E-state index contributed by atoms with van der Waals surface area (Å²) in [5.74, 6) is -0.171. The first-order valence-electron chi connectivity index (χ1n) is 5.57. The van der Waals surface area contributed by atoms with Crippen molar-refractivity contribution in [1.29, 1.82) is 0 Å². The van der Waals surface area contributed by atoms with Gasteiger partial charge in [-0.2, -0.15) is 0 Å². The Morgan fingerprint density at radius 3 is 3.12 bits per heavy atom. The number of hydrogen-bond acceptors (Lipinski definition) is 4. The van der Waals surface area contributed by atoms with Crippen molar-refractivity contribution in [2.45, 2.75) is 19.0 Å². The van der Waals surface area contributed by atoms with Crippen LogP contribution in [-0.4, -0.2) is 66.3 Å². The van der Waals surface area contributed by atoms with Gasteiger partial charge in [-0.15, -0.1) is 0 Å². The molecule has 0 bridgehead atoms. The van der Waals surface area contributed by atoms with Crippen LogP contribution < -0.4 is 5.32 Å². The number of fused-ring (bicyclic) bond motifs is 1. The summed E-state index contributed by atoms with van der Waals surface area (Å²) in [6.45, 7) is 4.67. The Morgan fingerprint density at radius 1 is 1.69 bits per heavy atom. The summed E-state index contributed by atoms with van der Waals surface area (Å²) < 4.78 is 5.07. The normalized spacial score (nSPS) is 29.2. The molecule has 0 saturated carbocycles. The molecule has 2 aliphatic rings. The average molecular weight is 243 g/mol. The molecule has 2 rings (SSSR count). The highest BCUT2D eigenvalue weighted by atomic mass is 32.1. The Bertz CT molecular complexity index is 310. The Labute approximate surface area is 101 Å². The molecule has 0 radical (unpaired) electrons. The van der Waals surface area contributed by atoms with Gasteiger partial charge in [0.05, 0.1) is 12.6 Å². The zero-order valence-corrected chi connectivity index (χ0v) is 10.4. The number of carbonyl (C=O) groups is 1. The van der Waals surface area contributed by atoms with Gasteiger partial charge in [0.15, 0.2) is 5.11 Å². The Hall–Kier alpha value is -0.880. The number of likely N-dealkylation sites (N-methyl/N-ethyl adjacent to an activating group) is 1. The summed E-state index contributed by atoms with van der Waals surface area (Å²) in [6.07, 6.45) is 0. The van der Waals surface area contributed by atoms with Gasteiger partial charge in [-0.25, -0.2) is 0 Å². The van der Waals surface area contributed by atoms with Crippen LogP contribution in [-0.2, 0) is 9.53 Å². The lowest BCUT2D eigenvalue weighted by Crippen LogP contribution is -2.60. The SMILES string of the molecule is CCOC(=O)[C@H]1NCCN2C(=S)N(C)C[C@H]12. The number of piperazine rings is 1. The number of carbonyl (C=O) groups excluding carboxylic acids is 1. The molecule has 0 aliphatic carbocycles. The van der Waals surface area contributed by atoms with E-state index < -0.39 is 0 Å². The lowest BCUT2D eigenvalue weighted by Gasteiger charge is -2.35. The first kappa shape index (κ1) is 11.6. The number of esters is 1. The second-order valence-corrected chi connectivity index (χ2v) is 4.47. The summed E-state index contributed by atoms with van der Waals surface area (Å²) in [7, 11) is 1.96. The minimum Gasteiger partial charge on any atom is -0.465 e. The van der Waals surface area contributed by atoms with Crippen LogP contribution in [0.3, 0.4) is 0 Å². The Kier molecular flexibility index (Phi) is 3.30. The van der Waals surface area contributed by atoms with E-state index in [1.54, 1.807) is 0 Å². The number of nitrogens with zero attached hydrogens (tertiary/aromatic N) is 2. The van der Waals surface area contributed by atoms with Crippen LogP contribution in [0.5, 0.6) is 0 Å². The van der Waals surface area contributed by atoms with E-state index in [-0.39, 0.29) is 18.1 Å². The molecule has 0 amide bonds. The third-order valence-electron chi connectivity index (χ3n) is 3.08. The summed E-state index contributed by atoms with van der Waals surface area (Å²) >= 11 is 5.32. The topological polar surface area (TPSA) is 44.8 Å². The fraction of sp³-hybridized carbons (Fsp3) is 0.800. The number of hydrogen-bond donors (Lipinski definition) is 1. The van der Waals surface area contributed by atoms with Crippen LogP contribution in [0.2, 0.25) is 0 Å². The van der Waals surface area contributed by atoms with E-state index in [9.17, 15) is 4.79 Å². The molecule has 0 unspecified atom stereocenters. The lowest BCUT2D eigenvalue weighted by atomic mass is 10.1. The molecule has 2 saturated heterocycles. The van der Waals surface area contributed by atoms with Crippen LogP contribution >= 0.6 is 12.2 Å². The maximum atomic E-state index is 11.8. The molecule has 6 heteroatoms. The standard InChI is InChI=1S/C10H17N3O2S/c1-3-15-9(14)8-7-6-12(2)10(16)13(7)5-4-11-8/h7-8,11H,3-6H2,1-2H3/t7-,8+/m1/s1. The van der Waals surface area contributed by atoms with Crippen LogP contribution in [0.4, 0.5) is 0 Å². The number of rotatable bonds is 2. The zero-order valence-electron chi connectivity index (χ0n) is 9.60. The van der Waals surface area contributed by atoms with Crippen molar-refractivity contribution in [1.82, 2.24) is 15.1 Å². The first-order valence-corrected chi connectivity index (χ1v) is 5.97. The fourth-order valence-corrected chi connectivity index (χ4v) is 2.62. The Balaban J connectivity index is 2.10. The highest BCUT2D eigenvalue weighted by Gasteiger charge is 2.43. The molecule has 2 atom stereocenters. The number of nitrogens with one attached hydrogen (secondary N) is 1. The summed E-state index contributed by atoms with van der Waals surface area (Å²) in [6, 6.07) is -0.137. The van der Waals surface area contributed by atoms with Crippen molar-refractivity contribution < 1.29 is 9.53 Å². The molecule has 2 fully saturated rings. The molecule has 2 heterocycles. The Morgan fingerprint density at radius 2 is 2.44 bits per heavy atom. The molecule has 90 valence electrons. The smallest absolute Gasteiger partial charge is 0.325 e. The van der Waals surface area contributed by atoms with E-state index in [4.69, 9.17) is 17.0 Å². The van der Waals surface area contributed by atoms with Crippen LogP contribution in [0.1, 0.15) is 6.92 Å². The first-order chi connectivity index (χ1) is 7.65. The summed E-state index contributed by atoms with van der Waals surface area (Å²) in [4.78, 5) is 15.9. The van der Waals surface area contributed by atoms with Gasteiger partial charge >= 0.3 is 5.97 Å². The van der Waals surface area contributed by atoms with Crippen molar-refractivity contribution in [3.8, 4) is 0 Å². The van der Waals surface area contributed by atoms with Crippen LogP contribution in [0, 0.1) is 0 Å². The van der Waals surface area contributed by atoms with E-state index in [1.807, 2.05) is 18.9 Å². The minimum atomic E-state index is -0.253. The van der Waals surface area contributed by atoms with Gasteiger partial charge in [-0.05, 0) is 19.1 Å². The predicted molar refractivity (Wildman–Crippen MR) is 64.1 cm³/mol. The van der Waals surface area contributed by atoms with Crippen molar-refractivity contribution in [2.24, 2.45) is 0 Å². The van der Waals surface area contributed by atoms with Crippen molar-refractivity contribution in [2.75, 3.05) is 33.3 Å². The second kappa shape index (κ2) is 4.55. The average Bonchev–Trinajstić information content (AvgIpc) is 2.55. The zero-order chi connectivity index (χ0) is 11.7. The second-order valence-electron chi connectivity index (χ2n) is 4.11. The van der Waals surface area contributed by atoms with Gasteiger partial charge in [0, 0.05) is 26.7 Å². The fourth-order valence-electron chi connectivity index (χ4n) is 2.31. The van der Waals surface area contributed by atoms with E-state index in [2.05, 4.69) is 10.2 Å². The molecule has 16 heavy (non-hydrogen) atoms. The van der Waals surface area contributed by atoms with Crippen molar-refractivity contribution >= 4 is 23.3 Å².